The lowest BCUT2D eigenvalue weighted by Gasteiger charge is -1.97. The summed E-state index contributed by atoms with van der Waals surface area (Å²) < 4.78 is 1.13. The highest BCUT2D eigenvalue weighted by atomic mass is 127. The van der Waals surface area contributed by atoms with Crippen molar-refractivity contribution in [2.45, 2.75) is 6.42 Å². The van der Waals surface area contributed by atoms with Crippen molar-refractivity contribution in [3.05, 3.63) is 19.8 Å². The van der Waals surface area contributed by atoms with E-state index in [1.54, 1.807) is 6.08 Å². The van der Waals surface area contributed by atoms with Gasteiger partial charge in [0.2, 0.25) is 0 Å². The Kier molecular flexibility index (Phi) is 6.23. The molecule has 0 aliphatic carbocycles. The first-order valence-electron chi connectivity index (χ1n) is 2.47. The van der Waals surface area contributed by atoms with Crippen LogP contribution in [0.5, 0.6) is 0 Å². The lowest BCUT2D eigenvalue weighted by atomic mass is 10.2. The molecule has 0 bridgehead atoms. The molecule has 0 aromatic heterocycles. The second-order valence-electron chi connectivity index (χ2n) is 1.51. The molecular formula is C6H8I2O. The zero-order valence-corrected chi connectivity index (χ0v) is 9.22. The normalized spacial score (nSPS) is 8.78. The summed E-state index contributed by atoms with van der Waals surface area (Å²) in [7, 11) is 0. The van der Waals surface area contributed by atoms with Crippen molar-refractivity contribution in [3.8, 4) is 0 Å². The SMILES string of the molecule is C=CCC(CO)=C(I)I. The van der Waals surface area contributed by atoms with Gasteiger partial charge in [-0.1, -0.05) is 6.08 Å². The maximum atomic E-state index is 8.71. The summed E-state index contributed by atoms with van der Waals surface area (Å²) in [5.74, 6) is 0. The number of rotatable bonds is 3. The fourth-order valence-corrected chi connectivity index (χ4v) is 1.16. The summed E-state index contributed by atoms with van der Waals surface area (Å²) >= 11 is 4.37. The van der Waals surface area contributed by atoms with E-state index in [4.69, 9.17) is 5.11 Å². The fraction of sp³-hybridized carbons (Fsp3) is 0.333. The van der Waals surface area contributed by atoms with Gasteiger partial charge in [-0.25, -0.2) is 0 Å². The molecule has 0 aromatic rings. The molecule has 0 aromatic carbocycles. The number of halogens is 2. The van der Waals surface area contributed by atoms with Gasteiger partial charge in [0.05, 0.1) is 8.19 Å². The van der Waals surface area contributed by atoms with Gasteiger partial charge in [-0.05, 0) is 57.2 Å². The van der Waals surface area contributed by atoms with Crippen LogP contribution in [0.1, 0.15) is 6.42 Å². The first-order chi connectivity index (χ1) is 4.22. The van der Waals surface area contributed by atoms with E-state index in [0.717, 1.165) is 13.6 Å². The maximum Gasteiger partial charge on any atom is 0.0662 e. The number of hydrogen-bond donors (Lipinski definition) is 1. The van der Waals surface area contributed by atoms with Gasteiger partial charge < -0.3 is 5.11 Å². The molecule has 0 saturated heterocycles. The average Bonchev–Trinajstić information content (AvgIpc) is 1.82. The third-order valence-electron chi connectivity index (χ3n) is 0.849. The van der Waals surface area contributed by atoms with Gasteiger partial charge in [0.15, 0.2) is 0 Å². The van der Waals surface area contributed by atoms with Gasteiger partial charge >= 0.3 is 0 Å². The van der Waals surface area contributed by atoms with Crippen LogP contribution in [-0.2, 0) is 0 Å². The van der Waals surface area contributed by atoms with Crippen LogP contribution >= 0.6 is 45.2 Å². The van der Waals surface area contributed by atoms with Crippen LogP contribution in [0.2, 0.25) is 0 Å². The van der Waals surface area contributed by atoms with Crippen LogP contribution in [0.4, 0.5) is 0 Å². The molecule has 1 N–H and O–H groups in total. The van der Waals surface area contributed by atoms with E-state index in [2.05, 4.69) is 51.8 Å². The van der Waals surface area contributed by atoms with Crippen LogP contribution in [0.15, 0.2) is 19.8 Å². The fourth-order valence-electron chi connectivity index (χ4n) is 0.376. The Morgan fingerprint density at radius 3 is 2.22 bits per heavy atom. The molecule has 1 nitrogen and oxygen atoms in total. The second-order valence-corrected chi connectivity index (χ2v) is 5.74. The van der Waals surface area contributed by atoms with Crippen LogP contribution in [0.25, 0.3) is 0 Å². The molecule has 0 aliphatic heterocycles. The average molecular weight is 350 g/mol. The minimum atomic E-state index is 0.146. The van der Waals surface area contributed by atoms with E-state index < -0.39 is 0 Å². The van der Waals surface area contributed by atoms with Gasteiger partial charge in [0.25, 0.3) is 0 Å². The molecule has 0 amide bonds. The highest BCUT2D eigenvalue weighted by molar-refractivity contribution is 14.2. The Labute approximate surface area is 82.5 Å². The smallest absolute Gasteiger partial charge is 0.0662 e. The zero-order chi connectivity index (χ0) is 7.28. The minimum absolute atomic E-state index is 0.146. The van der Waals surface area contributed by atoms with Gasteiger partial charge in [0, 0.05) is 0 Å². The molecule has 52 valence electrons. The van der Waals surface area contributed by atoms with Crippen molar-refractivity contribution < 1.29 is 5.11 Å². The topological polar surface area (TPSA) is 20.2 Å². The molecule has 9 heavy (non-hydrogen) atoms. The second kappa shape index (κ2) is 5.67. The molecule has 0 unspecified atom stereocenters. The molecule has 0 saturated carbocycles. The van der Waals surface area contributed by atoms with Crippen molar-refractivity contribution in [1.82, 2.24) is 0 Å². The predicted molar refractivity (Wildman–Crippen MR) is 57.0 cm³/mol. The number of aliphatic hydroxyl groups is 1. The van der Waals surface area contributed by atoms with E-state index in [-0.39, 0.29) is 6.61 Å². The van der Waals surface area contributed by atoms with E-state index in [0.29, 0.717) is 0 Å². The van der Waals surface area contributed by atoms with E-state index in [9.17, 15) is 0 Å². The highest BCUT2D eigenvalue weighted by Gasteiger charge is 1.95. The van der Waals surface area contributed by atoms with Crippen LogP contribution in [0.3, 0.4) is 0 Å². The van der Waals surface area contributed by atoms with E-state index in [1.807, 2.05) is 0 Å². The van der Waals surface area contributed by atoms with Gasteiger partial charge in [-0.3, -0.25) is 0 Å². The quantitative estimate of drug-likeness (QED) is 0.613. The first-order valence-corrected chi connectivity index (χ1v) is 4.63. The summed E-state index contributed by atoms with van der Waals surface area (Å²) in [6.45, 7) is 3.72. The number of hydrogen-bond acceptors (Lipinski definition) is 1. The van der Waals surface area contributed by atoms with Gasteiger partial charge in [0.1, 0.15) is 0 Å². The predicted octanol–water partition coefficient (Wildman–Crippen LogP) is 2.64. The third-order valence-corrected chi connectivity index (χ3v) is 2.37. The molecule has 0 fully saturated rings. The van der Waals surface area contributed by atoms with Gasteiger partial charge in [-0.15, -0.1) is 6.58 Å². The molecule has 0 atom stereocenters. The Morgan fingerprint density at radius 1 is 1.56 bits per heavy atom. The lowest BCUT2D eigenvalue weighted by molar-refractivity contribution is 0.329. The summed E-state index contributed by atoms with van der Waals surface area (Å²) in [5.41, 5.74) is 1.05. The van der Waals surface area contributed by atoms with Crippen molar-refractivity contribution in [2.24, 2.45) is 0 Å². The Bertz CT molecular complexity index is 125. The molecule has 0 rings (SSSR count). The molecular weight excluding hydrogens is 342 g/mol. The maximum absolute atomic E-state index is 8.71. The van der Waals surface area contributed by atoms with Crippen LogP contribution < -0.4 is 0 Å². The van der Waals surface area contributed by atoms with Crippen molar-refractivity contribution >= 4 is 45.2 Å². The van der Waals surface area contributed by atoms with E-state index in [1.165, 1.54) is 0 Å². The summed E-state index contributed by atoms with van der Waals surface area (Å²) in [4.78, 5) is 0. The molecule has 3 heteroatoms. The number of aliphatic hydroxyl groups excluding tert-OH is 1. The number of allylic oxidation sites excluding steroid dienone is 1. The largest absolute Gasteiger partial charge is 0.392 e. The first kappa shape index (κ1) is 9.90. The van der Waals surface area contributed by atoms with Crippen molar-refractivity contribution in [1.29, 1.82) is 0 Å². The Morgan fingerprint density at radius 2 is 2.11 bits per heavy atom. The molecule has 0 heterocycles. The van der Waals surface area contributed by atoms with Gasteiger partial charge in [-0.2, -0.15) is 0 Å². The summed E-state index contributed by atoms with van der Waals surface area (Å²) in [6, 6.07) is 0. The monoisotopic (exact) mass is 350 g/mol. The summed E-state index contributed by atoms with van der Waals surface area (Å²) in [6.07, 6.45) is 2.58. The van der Waals surface area contributed by atoms with Crippen molar-refractivity contribution in [2.75, 3.05) is 6.61 Å². The Hall–Kier alpha value is 0.900. The molecule has 0 aliphatic rings. The third kappa shape index (κ3) is 4.32. The highest BCUT2D eigenvalue weighted by Crippen LogP contribution is 2.22. The minimum Gasteiger partial charge on any atom is -0.392 e. The zero-order valence-electron chi connectivity index (χ0n) is 4.90. The molecule has 0 spiro atoms. The van der Waals surface area contributed by atoms with Crippen LogP contribution in [-0.4, -0.2) is 11.7 Å². The standard InChI is InChI=1S/C6H8I2O/c1-2-3-5(4-9)6(7)8/h2,9H,1,3-4H2. The lowest BCUT2D eigenvalue weighted by Crippen LogP contribution is -1.87. The summed E-state index contributed by atoms with van der Waals surface area (Å²) in [5, 5.41) is 8.71. The van der Waals surface area contributed by atoms with E-state index >= 15 is 0 Å². The molecule has 0 radical (unpaired) electrons. The van der Waals surface area contributed by atoms with Crippen LogP contribution in [0, 0.1) is 0 Å². The van der Waals surface area contributed by atoms with Crippen molar-refractivity contribution in [3.63, 3.8) is 0 Å². The Balaban J connectivity index is 3.97.